The van der Waals surface area contributed by atoms with Crippen molar-refractivity contribution in [2.45, 2.75) is 45.6 Å². The second-order valence-corrected chi connectivity index (χ2v) is 5.09. The zero-order chi connectivity index (χ0) is 12.8. The lowest BCUT2D eigenvalue weighted by Gasteiger charge is -2.27. The summed E-state index contributed by atoms with van der Waals surface area (Å²) in [6.07, 6.45) is 2.74. The zero-order valence-corrected chi connectivity index (χ0v) is 10.6. The molecule has 2 amide bonds. The molecule has 0 bridgehead atoms. The number of hydrogen-bond donors (Lipinski definition) is 2. The van der Waals surface area contributed by atoms with Crippen molar-refractivity contribution in [1.29, 1.82) is 0 Å². The third-order valence-electron chi connectivity index (χ3n) is 3.00. The van der Waals surface area contributed by atoms with Gasteiger partial charge in [-0.05, 0) is 31.6 Å². The molecule has 98 valence electrons. The van der Waals surface area contributed by atoms with E-state index in [0.29, 0.717) is 12.5 Å². The van der Waals surface area contributed by atoms with Crippen LogP contribution in [0.2, 0.25) is 0 Å². The number of nitrogens with one attached hydrogen (secondary N) is 1. The molecule has 0 aliphatic heterocycles. The van der Waals surface area contributed by atoms with E-state index in [1.165, 1.54) is 0 Å². The van der Waals surface area contributed by atoms with E-state index in [0.717, 1.165) is 25.7 Å². The van der Waals surface area contributed by atoms with Crippen LogP contribution in [0.3, 0.4) is 0 Å². The number of carbonyl (C=O) groups excluding carboxylic acids is 2. The molecule has 1 saturated carbocycles. The highest BCUT2D eigenvalue weighted by Crippen LogP contribution is 2.23. The van der Waals surface area contributed by atoms with Crippen LogP contribution in [0.1, 0.15) is 39.5 Å². The maximum absolute atomic E-state index is 11.4. The van der Waals surface area contributed by atoms with Crippen LogP contribution in [0.15, 0.2) is 0 Å². The van der Waals surface area contributed by atoms with Gasteiger partial charge in [-0.25, -0.2) is 4.79 Å². The standard InChI is InChI=1S/C12H22N2O3/c1-8(2)7-17-12(16)14-10-5-3-9(4-6-10)11(13)15/h8-10H,3-7H2,1-2H3,(H2,13,15)(H,14,16). The van der Waals surface area contributed by atoms with Gasteiger partial charge in [0, 0.05) is 12.0 Å². The molecular formula is C12H22N2O3. The van der Waals surface area contributed by atoms with Crippen molar-refractivity contribution in [3.05, 3.63) is 0 Å². The maximum Gasteiger partial charge on any atom is 0.407 e. The Labute approximate surface area is 102 Å². The SMILES string of the molecule is CC(C)COC(=O)NC1CCC(C(N)=O)CC1. The number of nitrogens with two attached hydrogens (primary N) is 1. The molecule has 1 aliphatic rings. The molecule has 0 atom stereocenters. The van der Waals surface area contributed by atoms with E-state index in [1.807, 2.05) is 13.8 Å². The van der Waals surface area contributed by atoms with Crippen LogP contribution >= 0.6 is 0 Å². The molecule has 17 heavy (non-hydrogen) atoms. The zero-order valence-electron chi connectivity index (χ0n) is 10.6. The van der Waals surface area contributed by atoms with Crippen LogP contribution in [-0.4, -0.2) is 24.6 Å². The van der Waals surface area contributed by atoms with Gasteiger partial charge >= 0.3 is 6.09 Å². The quantitative estimate of drug-likeness (QED) is 0.782. The minimum Gasteiger partial charge on any atom is -0.449 e. The Bertz CT molecular complexity index is 271. The summed E-state index contributed by atoms with van der Waals surface area (Å²) >= 11 is 0. The Hall–Kier alpha value is -1.26. The van der Waals surface area contributed by atoms with Crippen molar-refractivity contribution in [2.24, 2.45) is 17.6 Å². The largest absolute Gasteiger partial charge is 0.449 e. The average Bonchev–Trinajstić information content (AvgIpc) is 2.27. The lowest BCUT2D eigenvalue weighted by molar-refractivity contribution is -0.122. The monoisotopic (exact) mass is 242 g/mol. The number of alkyl carbamates (subject to hydrolysis) is 1. The van der Waals surface area contributed by atoms with E-state index in [4.69, 9.17) is 10.5 Å². The summed E-state index contributed by atoms with van der Waals surface area (Å²) in [5, 5.41) is 2.82. The lowest BCUT2D eigenvalue weighted by Crippen LogP contribution is -2.40. The highest BCUT2D eigenvalue weighted by molar-refractivity contribution is 5.76. The Morgan fingerprint density at radius 1 is 1.29 bits per heavy atom. The van der Waals surface area contributed by atoms with Crippen molar-refractivity contribution < 1.29 is 14.3 Å². The molecular weight excluding hydrogens is 220 g/mol. The second kappa shape index (κ2) is 6.47. The molecule has 0 unspecified atom stereocenters. The third kappa shape index (κ3) is 5.06. The molecule has 5 heteroatoms. The predicted molar refractivity (Wildman–Crippen MR) is 64.3 cm³/mol. The molecule has 0 aromatic rings. The Balaban J connectivity index is 2.21. The predicted octanol–water partition coefficient (Wildman–Crippen LogP) is 1.41. The van der Waals surface area contributed by atoms with Crippen molar-refractivity contribution in [3.63, 3.8) is 0 Å². The Kier molecular flexibility index (Phi) is 5.25. The normalized spacial score (nSPS) is 24.4. The van der Waals surface area contributed by atoms with Crippen molar-refractivity contribution in [2.75, 3.05) is 6.61 Å². The highest BCUT2D eigenvalue weighted by Gasteiger charge is 2.25. The van der Waals surface area contributed by atoms with Crippen LogP contribution in [0, 0.1) is 11.8 Å². The first kappa shape index (κ1) is 13.8. The number of amides is 2. The minimum absolute atomic E-state index is 0.0280. The van der Waals surface area contributed by atoms with Gasteiger partial charge in [-0.15, -0.1) is 0 Å². The van der Waals surface area contributed by atoms with Gasteiger partial charge in [0.15, 0.2) is 0 Å². The van der Waals surface area contributed by atoms with Gasteiger partial charge in [-0.1, -0.05) is 13.8 Å². The van der Waals surface area contributed by atoms with E-state index in [1.54, 1.807) is 0 Å². The molecule has 0 saturated heterocycles. The molecule has 1 fully saturated rings. The summed E-state index contributed by atoms with van der Waals surface area (Å²) in [7, 11) is 0. The third-order valence-corrected chi connectivity index (χ3v) is 3.00. The molecule has 3 N–H and O–H groups in total. The van der Waals surface area contributed by atoms with Crippen LogP contribution in [0.5, 0.6) is 0 Å². The first-order chi connectivity index (χ1) is 7.99. The van der Waals surface area contributed by atoms with Gasteiger partial charge in [-0.3, -0.25) is 4.79 Å². The van der Waals surface area contributed by atoms with Gasteiger partial charge in [0.25, 0.3) is 0 Å². The van der Waals surface area contributed by atoms with E-state index >= 15 is 0 Å². The van der Waals surface area contributed by atoms with Crippen molar-refractivity contribution in [1.82, 2.24) is 5.32 Å². The topological polar surface area (TPSA) is 81.4 Å². The second-order valence-electron chi connectivity index (χ2n) is 5.09. The first-order valence-corrected chi connectivity index (χ1v) is 6.21. The van der Waals surface area contributed by atoms with Crippen molar-refractivity contribution >= 4 is 12.0 Å². The Morgan fingerprint density at radius 3 is 2.35 bits per heavy atom. The van der Waals surface area contributed by atoms with Gasteiger partial charge in [0.05, 0.1) is 6.61 Å². The number of carbonyl (C=O) groups is 2. The van der Waals surface area contributed by atoms with Crippen molar-refractivity contribution in [3.8, 4) is 0 Å². The van der Waals surface area contributed by atoms with Gasteiger partial charge in [0.1, 0.15) is 0 Å². The summed E-state index contributed by atoms with van der Waals surface area (Å²) < 4.78 is 5.04. The molecule has 0 spiro atoms. The average molecular weight is 242 g/mol. The summed E-state index contributed by atoms with van der Waals surface area (Å²) in [6.45, 7) is 4.42. The van der Waals surface area contributed by atoms with E-state index < -0.39 is 0 Å². The number of ether oxygens (including phenoxy) is 1. The van der Waals surface area contributed by atoms with Gasteiger partial charge in [0.2, 0.25) is 5.91 Å². The van der Waals surface area contributed by atoms with E-state index in [9.17, 15) is 9.59 Å². The van der Waals surface area contributed by atoms with Crippen LogP contribution < -0.4 is 11.1 Å². The molecule has 0 heterocycles. The fraction of sp³-hybridized carbons (Fsp3) is 0.833. The number of primary amides is 1. The van der Waals surface area contributed by atoms with Crippen LogP contribution in [0.4, 0.5) is 4.79 Å². The van der Waals surface area contributed by atoms with Gasteiger partial charge < -0.3 is 15.8 Å². The Morgan fingerprint density at radius 2 is 1.88 bits per heavy atom. The number of hydrogen-bond acceptors (Lipinski definition) is 3. The van der Waals surface area contributed by atoms with Crippen LogP contribution in [0.25, 0.3) is 0 Å². The van der Waals surface area contributed by atoms with Gasteiger partial charge in [-0.2, -0.15) is 0 Å². The summed E-state index contributed by atoms with van der Waals surface area (Å²) in [5.74, 6) is 0.0805. The van der Waals surface area contributed by atoms with E-state index in [-0.39, 0.29) is 24.0 Å². The maximum atomic E-state index is 11.4. The highest BCUT2D eigenvalue weighted by atomic mass is 16.5. The molecule has 1 rings (SSSR count). The fourth-order valence-electron chi connectivity index (χ4n) is 1.97. The van der Waals surface area contributed by atoms with Crippen LogP contribution in [-0.2, 0) is 9.53 Å². The summed E-state index contributed by atoms with van der Waals surface area (Å²) in [4.78, 5) is 22.4. The summed E-state index contributed by atoms with van der Waals surface area (Å²) in [6, 6.07) is 0.116. The molecule has 0 radical (unpaired) electrons. The summed E-state index contributed by atoms with van der Waals surface area (Å²) in [5.41, 5.74) is 5.24. The fourth-order valence-corrected chi connectivity index (χ4v) is 1.97. The molecule has 0 aromatic carbocycles. The smallest absolute Gasteiger partial charge is 0.407 e. The molecule has 5 nitrogen and oxygen atoms in total. The molecule has 1 aliphatic carbocycles. The number of rotatable bonds is 4. The molecule has 0 aromatic heterocycles. The minimum atomic E-state index is -0.360. The lowest BCUT2D eigenvalue weighted by atomic mass is 9.86. The first-order valence-electron chi connectivity index (χ1n) is 6.21. The van der Waals surface area contributed by atoms with E-state index in [2.05, 4.69) is 5.32 Å².